The zero-order chi connectivity index (χ0) is 15.8. The summed E-state index contributed by atoms with van der Waals surface area (Å²) >= 11 is 0. The van der Waals surface area contributed by atoms with Crippen LogP contribution in [0.15, 0.2) is 29.3 Å². The van der Waals surface area contributed by atoms with Crippen molar-refractivity contribution >= 4 is 35.6 Å². The number of hydrogen-bond donors (Lipinski definition) is 2. The lowest BCUT2D eigenvalue weighted by Gasteiger charge is -2.36. The average Bonchev–Trinajstić information content (AvgIpc) is 2.52. The Bertz CT molecular complexity index is 499. The maximum Gasteiger partial charge on any atom is 0.193 e. The lowest BCUT2D eigenvalue weighted by atomic mass is 9.84. The van der Waals surface area contributed by atoms with Gasteiger partial charge in [-0.05, 0) is 43.9 Å². The first-order valence-electron chi connectivity index (χ1n) is 8.41. The quantitative estimate of drug-likeness (QED) is 0.397. The smallest absolute Gasteiger partial charge is 0.193 e. The molecule has 1 saturated carbocycles. The highest BCUT2D eigenvalue weighted by Crippen LogP contribution is 2.32. The zero-order valence-electron chi connectivity index (χ0n) is 14.3. The fraction of sp³-hybridized carbons (Fsp3) is 0.611. The number of rotatable bonds is 6. The molecule has 0 unspecified atom stereocenters. The molecule has 0 bridgehead atoms. The van der Waals surface area contributed by atoms with Crippen molar-refractivity contribution in [2.75, 3.05) is 18.5 Å². The summed E-state index contributed by atoms with van der Waals surface area (Å²) < 4.78 is 6.15. The molecule has 0 saturated heterocycles. The number of nitrogens with one attached hydrogen (secondary N) is 1. The molecule has 1 aliphatic carbocycles. The van der Waals surface area contributed by atoms with Crippen molar-refractivity contribution in [3.8, 4) is 0 Å². The minimum Gasteiger partial charge on any atom is -0.373 e. The van der Waals surface area contributed by atoms with E-state index < -0.39 is 0 Å². The zero-order valence-corrected chi connectivity index (χ0v) is 16.6. The summed E-state index contributed by atoms with van der Waals surface area (Å²) in [5.74, 6) is 0.468. The third-order valence-electron chi connectivity index (χ3n) is 4.21. The van der Waals surface area contributed by atoms with Gasteiger partial charge in [0.25, 0.3) is 0 Å². The number of nitrogens with zero attached hydrogens (tertiary/aromatic N) is 1. The van der Waals surface area contributed by atoms with Gasteiger partial charge in [-0.15, -0.1) is 24.0 Å². The largest absolute Gasteiger partial charge is 0.373 e. The number of aliphatic imine (C=N–C) groups is 1. The molecule has 4 nitrogen and oxygen atoms in total. The number of ether oxygens (including phenoxy) is 1. The molecule has 0 atom stereocenters. The summed E-state index contributed by atoms with van der Waals surface area (Å²) in [5.41, 5.74) is 8.12. The molecule has 3 N–H and O–H groups in total. The average molecular weight is 431 g/mol. The fourth-order valence-electron chi connectivity index (χ4n) is 3.00. The first kappa shape index (κ1) is 20.2. The van der Waals surface area contributed by atoms with Crippen molar-refractivity contribution < 1.29 is 4.74 Å². The van der Waals surface area contributed by atoms with E-state index in [1.165, 1.54) is 24.8 Å². The highest BCUT2D eigenvalue weighted by atomic mass is 127. The van der Waals surface area contributed by atoms with Gasteiger partial charge >= 0.3 is 0 Å². The molecular weight excluding hydrogens is 401 g/mol. The highest BCUT2D eigenvalue weighted by Gasteiger charge is 2.32. The number of hydrogen-bond acceptors (Lipinski definition) is 2. The molecule has 1 aromatic carbocycles. The van der Waals surface area contributed by atoms with Crippen LogP contribution in [0.1, 0.15) is 51.0 Å². The lowest BCUT2D eigenvalue weighted by molar-refractivity contribution is -0.0624. The Hall–Kier alpha value is -0.820. The Morgan fingerprint density at radius 1 is 1.30 bits per heavy atom. The van der Waals surface area contributed by atoms with Crippen LogP contribution in [0.5, 0.6) is 0 Å². The molecule has 0 aliphatic heterocycles. The first-order valence-corrected chi connectivity index (χ1v) is 8.41. The van der Waals surface area contributed by atoms with Crippen molar-refractivity contribution in [3.05, 3.63) is 29.8 Å². The summed E-state index contributed by atoms with van der Waals surface area (Å²) in [7, 11) is 0. The van der Waals surface area contributed by atoms with Gasteiger partial charge in [-0.2, -0.15) is 0 Å². The minimum absolute atomic E-state index is 0. The molecule has 0 aromatic heterocycles. The predicted molar refractivity (Wildman–Crippen MR) is 109 cm³/mol. The monoisotopic (exact) mass is 431 g/mol. The van der Waals surface area contributed by atoms with E-state index in [9.17, 15) is 0 Å². The highest BCUT2D eigenvalue weighted by molar-refractivity contribution is 14.0. The Kier molecular flexibility index (Phi) is 8.91. The normalized spacial score (nSPS) is 17.4. The van der Waals surface area contributed by atoms with E-state index in [-0.39, 0.29) is 29.6 Å². The van der Waals surface area contributed by atoms with Gasteiger partial charge in [-0.3, -0.25) is 4.99 Å². The Labute approximate surface area is 157 Å². The van der Waals surface area contributed by atoms with Gasteiger partial charge in [-0.1, -0.05) is 38.3 Å². The van der Waals surface area contributed by atoms with E-state index >= 15 is 0 Å². The molecular formula is C18H30IN3O. The van der Waals surface area contributed by atoms with Gasteiger partial charge in [-0.25, -0.2) is 0 Å². The van der Waals surface area contributed by atoms with Crippen LogP contribution < -0.4 is 11.1 Å². The van der Waals surface area contributed by atoms with Crippen LogP contribution >= 0.6 is 24.0 Å². The first-order chi connectivity index (χ1) is 10.6. The van der Waals surface area contributed by atoms with Gasteiger partial charge < -0.3 is 15.8 Å². The van der Waals surface area contributed by atoms with Gasteiger partial charge in [0.15, 0.2) is 5.96 Å². The van der Waals surface area contributed by atoms with Crippen LogP contribution in [-0.2, 0) is 4.74 Å². The van der Waals surface area contributed by atoms with Gasteiger partial charge in [0.2, 0.25) is 0 Å². The van der Waals surface area contributed by atoms with Crippen LogP contribution in [0, 0.1) is 6.92 Å². The predicted octanol–water partition coefficient (Wildman–Crippen LogP) is 4.47. The van der Waals surface area contributed by atoms with Crippen LogP contribution in [-0.4, -0.2) is 24.7 Å². The van der Waals surface area contributed by atoms with Crippen molar-refractivity contribution in [1.82, 2.24) is 0 Å². The van der Waals surface area contributed by atoms with Crippen molar-refractivity contribution in [2.24, 2.45) is 10.7 Å². The van der Waals surface area contributed by atoms with E-state index in [0.29, 0.717) is 12.5 Å². The topological polar surface area (TPSA) is 59.6 Å². The molecule has 5 heteroatoms. The van der Waals surface area contributed by atoms with E-state index in [1.54, 1.807) is 0 Å². The number of anilines is 1. The molecule has 0 radical (unpaired) electrons. The van der Waals surface area contributed by atoms with Crippen LogP contribution in [0.2, 0.25) is 0 Å². The second-order valence-corrected chi connectivity index (χ2v) is 6.29. The molecule has 23 heavy (non-hydrogen) atoms. The number of guanidine groups is 1. The van der Waals surface area contributed by atoms with Crippen LogP contribution in [0.4, 0.5) is 5.69 Å². The maximum absolute atomic E-state index is 6.15. The fourth-order valence-corrected chi connectivity index (χ4v) is 3.00. The van der Waals surface area contributed by atoms with Crippen molar-refractivity contribution in [3.63, 3.8) is 0 Å². The molecule has 2 rings (SSSR count). The van der Waals surface area contributed by atoms with Gasteiger partial charge in [0, 0.05) is 12.3 Å². The third-order valence-corrected chi connectivity index (χ3v) is 4.21. The third kappa shape index (κ3) is 6.67. The van der Waals surface area contributed by atoms with Gasteiger partial charge in [0.1, 0.15) is 0 Å². The summed E-state index contributed by atoms with van der Waals surface area (Å²) in [6.07, 6.45) is 6.98. The molecule has 0 heterocycles. The van der Waals surface area contributed by atoms with E-state index in [1.807, 2.05) is 12.1 Å². The summed E-state index contributed by atoms with van der Waals surface area (Å²) in [6.45, 7) is 5.67. The van der Waals surface area contributed by atoms with Gasteiger partial charge in [0.05, 0.1) is 12.1 Å². The maximum atomic E-state index is 6.15. The number of halogens is 1. The van der Waals surface area contributed by atoms with E-state index in [2.05, 4.69) is 36.3 Å². The summed E-state index contributed by atoms with van der Waals surface area (Å²) in [5, 5.41) is 3.17. The second kappa shape index (κ2) is 10.1. The van der Waals surface area contributed by atoms with E-state index in [0.717, 1.165) is 31.6 Å². The van der Waals surface area contributed by atoms with Crippen molar-refractivity contribution in [1.29, 1.82) is 0 Å². The number of nitrogens with two attached hydrogens (primary N) is 1. The molecule has 0 amide bonds. The molecule has 0 spiro atoms. The SMILES string of the molecule is CCCOC1(CN=C(N)Nc2cccc(C)c2)CCCCC1.I. The molecule has 1 aliphatic rings. The lowest BCUT2D eigenvalue weighted by Crippen LogP contribution is -2.40. The van der Waals surface area contributed by atoms with Crippen molar-refractivity contribution in [2.45, 2.75) is 58.0 Å². The molecule has 1 aromatic rings. The number of benzene rings is 1. The van der Waals surface area contributed by atoms with Crippen LogP contribution in [0.25, 0.3) is 0 Å². The Balaban J connectivity index is 0.00000264. The van der Waals surface area contributed by atoms with Crippen LogP contribution in [0.3, 0.4) is 0 Å². The summed E-state index contributed by atoms with van der Waals surface area (Å²) in [4.78, 5) is 4.56. The van der Waals surface area contributed by atoms with E-state index in [4.69, 9.17) is 10.5 Å². The second-order valence-electron chi connectivity index (χ2n) is 6.29. The minimum atomic E-state index is -0.104. The Morgan fingerprint density at radius 3 is 2.70 bits per heavy atom. The summed E-state index contributed by atoms with van der Waals surface area (Å²) in [6, 6.07) is 8.14. The Morgan fingerprint density at radius 2 is 2.04 bits per heavy atom. The number of aryl methyl sites for hydroxylation is 1. The molecule has 130 valence electrons. The standard InChI is InChI=1S/C18H29N3O.HI/c1-3-12-22-18(10-5-4-6-11-18)14-20-17(19)21-16-9-7-8-15(2)13-16;/h7-9,13H,3-6,10-12,14H2,1-2H3,(H3,19,20,21);1H. The molecule has 1 fully saturated rings.